The minimum absolute atomic E-state index is 0.204. The summed E-state index contributed by atoms with van der Waals surface area (Å²) in [5.41, 5.74) is 3.55. The molecule has 0 amide bonds. The summed E-state index contributed by atoms with van der Waals surface area (Å²) in [6.45, 7) is 0.891. The molecular weight excluding hydrogens is 379 g/mol. The van der Waals surface area contributed by atoms with E-state index in [-0.39, 0.29) is 11.2 Å². The predicted octanol–water partition coefficient (Wildman–Crippen LogP) is 5.21. The van der Waals surface area contributed by atoms with Gasteiger partial charge in [-0.05, 0) is 87.0 Å². The van der Waals surface area contributed by atoms with Crippen LogP contribution in [0.5, 0.6) is 5.75 Å². The van der Waals surface area contributed by atoms with Gasteiger partial charge in [-0.1, -0.05) is 0 Å². The van der Waals surface area contributed by atoms with Crippen LogP contribution < -0.4 is 10.1 Å². The lowest BCUT2D eigenvalue weighted by Gasteiger charge is -2.56. The summed E-state index contributed by atoms with van der Waals surface area (Å²) in [5, 5.41) is 8.55. The van der Waals surface area contributed by atoms with Crippen molar-refractivity contribution in [1.82, 2.24) is 9.78 Å². The van der Waals surface area contributed by atoms with Crippen molar-refractivity contribution in [2.45, 2.75) is 56.7 Å². The Morgan fingerprint density at radius 3 is 2.21 bits per heavy atom. The number of benzene rings is 1. The Labute approximate surface area is 167 Å². The molecule has 0 unspecified atom stereocenters. The van der Waals surface area contributed by atoms with Gasteiger partial charge in [0.1, 0.15) is 11.6 Å². The van der Waals surface area contributed by atoms with Crippen LogP contribution in [0.4, 0.5) is 19.0 Å². The number of nitrogens with zero attached hydrogens (tertiary/aromatic N) is 2. The van der Waals surface area contributed by atoms with Crippen molar-refractivity contribution in [3.63, 3.8) is 0 Å². The zero-order valence-corrected chi connectivity index (χ0v) is 16.1. The number of nitrogens with one attached hydrogen (secondary N) is 1. The highest BCUT2D eigenvalue weighted by Gasteiger charge is 2.54. The lowest BCUT2D eigenvalue weighted by molar-refractivity contribution is -0.274. The molecule has 1 aliphatic heterocycles. The standard InChI is InChI=1S/C22H24F3N3O/c23-22(24,25)29-17-3-1-16(2-4-17)28-20-18(5-6-26-20)19(27-28)21-10-13-7-14(11-21)9-15(8-13)12-21/h1-4,13-15,26H,5-12H2. The molecule has 4 saturated carbocycles. The van der Waals surface area contributed by atoms with E-state index in [0.29, 0.717) is 0 Å². The predicted molar refractivity (Wildman–Crippen MR) is 102 cm³/mol. The van der Waals surface area contributed by atoms with Crippen LogP contribution in [0.15, 0.2) is 24.3 Å². The smallest absolute Gasteiger partial charge is 0.406 e. The zero-order valence-electron chi connectivity index (χ0n) is 16.1. The van der Waals surface area contributed by atoms with Crippen molar-refractivity contribution in [2.24, 2.45) is 17.8 Å². The third-order valence-electron chi connectivity index (χ3n) is 7.51. The van der Waals surface area contributed by atoms with Crippen molar-refractivity contribution < 1.29 is 17.9 Å². The van der Waals surface area contributed by atoms with Gasteiger partial charge in [-0.2, -0.15) is 5.10 Å². The molecule has 0 atom stereocenters. The van der Waals surface area contributed by atoms with Crippen LogP contribution in [-0.2, 0) is 11.8 Å². The summed E-state index contributed by atoms with van der Waals surface area (Å²) >= 11 is 0. The Morgan fingerprint density at radius 2 is 1.62 bits per heavy atom. The summed E-state index contributed by atoms with van der Waals surface area (Å²) in [6, 6.07) is 6.02. The van der Waals surface area contributed by atoms with E-state index in [2.05, 4.69) is 10.1 Å². The van der Waals surface area contributed by atoms with Gasteiger partial charge in [0.2, 0.25) is 0 Å². The Kier molecular flexibility index (Phi) is 3.61. The van der Waals surface area contributed by atoms with Gasteiger partial charge in [-0.15, -0.1) is 13.2 Å². The molecule has 7 rings (SSSR count). The molecule has 1 aromatic carbocycles. The first-order chi connectivity index (χ1) is 13.9. The van der Waals surface area contributed by atoms with Crippen molar-refractivity contribution in [3.05, 3.63) is 35.5 Å². The number of halogens is 3. The van der Waals surface area contributed by atoms with E-state index in [1.54, 1.807) is 12.1 Å². The molecule has 154 valence electrons. The molecule has 2 heterocycles. The topological polar surface area (TPSA) is 39.1 Å². The van der Waals surface area contributed by atoms with Gasteiger partial charge >= 0.3 is 6.36 Å². The fourth-order valence-electron chi connectivity index (χ4n) is 6.98. The van der Waals surface area contributed by atoms with E-state index in [4.69, 9.17) is 5.10 Å². The Morgan fingerprint density at radius 1 is 1.00 bits per heavy atom. The first kappa shape index (κ1) is 17.7. The normalized spacial score (nSPS) is 32.3. The van der Waals surface area contributed by atoms with Gasteiger partial charge in [-0.3, -0.25) is 0 Å². The fourth-order valence-corrected chi connectivity index (χ4v) is 6.98. The Balaban J connectivity index is 1.38. The number of rotatable bonds is 3. The van der Waals surface area contributed by atoms with Crippen LogP contribution in [0.3, 0.4) is 0 Å². The Bertz CT molecular complexity index is 912. The molecule has 4 bridgehead atoms. The molecule has 2 aromatic rings. The molecule has 4 nitrogen and oxygen atoms in total. The van der Waals surface area contributed by atoms with E-state index in [1.807, 2.05) is 4.68 Å². The summed E-state index contributed by atoms with van der Waals surface area (Å²) in [6.07, 6.45) is 4.22. The third-order valence-corrected chi connectivity index (χ3v) is 7.51. The highest BCUT2D eigenvalue weighted by Crippen LogP contribution is 2.61. The number of hydrogen-bond acceptors (Lipinski definition) is 3. The second kappa shape index (κ2) is 5.92. The molecule has 5 aliphatic rings. The fraction of sp³-hybridized carbons (Fsp3) is 0.591. The lowest BCUT2D eigenvalue weighted by atomic mass is 9.48. The summed E-state index contributed by atoms with van der Waals surface area (Å²) in [7, 11) is 0. The number of alkyl halides is 3. The minimum atomic E-state index is -4.68. The monoisotopic (exact) mass is 403 g/mol. The lowest BCUT2D eigenvalue weighted by Crippen LogP contribution is -2.49. The van der Waals surface area contributed by atoms with Gasteiger partial charge in [0.15, 0.2) is 0 Å². The minimum Gasteiger partial charge on any atom is -0.406 e. The van der Waals surface area contributed by atoms with Crippen molar-refractivity contribution in [2.75, 3.05) is 11.9 Å². The van der Waals surface area contributed by atoms with Crippen LogP contribution in [-0.4, -0.2) is 22.7 Å². The van der Waals surface area contributed by atoms with E-state index in [1.165, 1.54) is 61.9 Å². The van der Waals surface area contributed by atoms with Crippen molar-refractivity contribution in [1.29, 1.82) is 0 Å². The molecule has 1 N–H and O–H groups in total. The first-order valence-corrected chi connectivity index (χ1v) is 10.6. The van der Waals surface area contributed by atoms with E-state index >= 15 is 0 Å². The quantitative estimate of drug-likeness (QED) is 0.765. The maximum atomic E-state index is 12.5. The van der Waals surface area contributed by atoms with Gasteiger partial charge in [0.25, 0.3) is 0 Å². The van der Waals surface area contributed by atoms with Gasteiger partial charge in [0.05, 0.1) is 11.4 Å². The van der Waals surface area contributed by atoms with Gasteiger partial charge < -0.3 is 10.1 Å². The number of aromatic nitrogens is 2. The summed E-state index contributed by atoms with van der Waals surface area (Å²) in [5.74, 6) is 3.33. The first-order valence-electron chi connectivity index (χ1n) is 10.6. The molecule has 0 saturated heterocycles. The Hall–Kier alpha value is -2.18. The molecule has 0 spiro atoms. The van der Waals surface area contributed by atoms with Crippen LogP contribution in [0.2, 0.25) is 0 Å². The highest BCUT2D eigenvalue weighted by molar-refractivity contribution is 5.59. The molecule has 4 aliphatic carbocycles. The third kappa shape index (κ3) is 2.84. The van der Waals surface area contributed by atoms with Crippen LogP contribution in [0, 0.1) is 17.8 Å². The number of fused-ring (bicyclic) bond motifs is 1. The van der Waals surface area contributed by atoms with Gasteiger partial charge in [0, 0.05) is 17.5 Å². The van der Waals surface area contributed by atoms with Crippen LogP contribution in [0.25, 0.3) is 5.69 Å². The molecule has 1 aromatic heterocycles. The molecule has 7 heteroatoms. The maximum Gasteiger partial charge on any atom is 0.573 e. The molecule has 4 fully saturated rings. The number of hydrogen-bond donors (Lipinski definition) is 1. The number of anilines is 1. The van der Waals surface area contributed by atoms with Crippen LogP contribution in [0.1, 0.15) is 49.8 Å². The van der Waals surface area contributed by atoms with Crippen LogP contribution >= 0.6 is 0 Å². The van der Waals surface area contributed by atoms with Gasteiger partial charge in [-0.25, -0.2) is 4.68 Å². The summed E-state index contributed by atoms with van der Waals surface area (Å²) in [4.78, 5) is 0. The number of ether oxygens (including phenoxy) is 1. The second-order valence-electron chi connectivity index (χ2n) is 9.50. The zero-order chi connectivity index (χ0) is 19.8. The maximum absolute atomic E-state index is 12.5. The summed E-state index contributed by atoms with van der Waals surface area (Å²) < 4.78 is 43.3. The largest absolute Gasteiger partial charge is 0.573 e. The average molecular weight is 403 g/mol. The van der Waals surface area contributed by atoms with E-state index in [0.717, 1.165) is 42.2 Å². The molecular formula is C22H24F3N3O. The molecule has 29 heavy (non-hydrogen) atoms. The molecule has 0 radical (unpaired) electrons. The highest BCUT2D eigenvalue weighted by atomic mass is 19.4. The SMILES string of the molecule is FC(F)(F)Oc1ccc(-n2nc(C34CC5CC(CC(C5)C3)C4)c3c2NCC3)cc1. The van der Waals surface area contributed by atoms with Crippen molar-refractivity contribution in [3.8, 4) is 11.4 Å². The van der Waals surface area contributed by atoms with Crippen molar-refractivity contribution >= 4 is 5.82 Å². The van der Waals surface area contributed by atoms with E-state index in [9.17, 15) is 13.2 Å². The second-order valence-corrected chi connectivity index (χ2v) is 9.50. The van der Waals surface area contributed by atoms with E-state index < -0.39 is 6.36 Å². The average Bonchev–Trinajstić information content (AvgIpc) is 3.22.